The van der Waals surface area contributed by atoms with E-state index in [4.69, 9.17) is 10.5 Å². The lowest BCUT2D eigenvalue weighted by Gasteiger charge is -2.34. The number of anilines is 1. The molecule has 1 fully saturated rings. The van der Waals surface area contributed by atoms with Gasteiger partial charge in [-0.05, 0) is 43.2 Å². The Morgan fingerprint density at radius 2 is 2.00 bits per heavy atom. The molecule has 0 unspecified atom stereocenters. The number of hydrogen-bond donors (Lipinski definition) is 2. The molecule has 2 rings (SSSR count). The van der Waals surface area contributed by atoms with Crippen LogP contribution in [0.15, 0.2) is 24.3 Å². The zero-order valence-corrected chi connectivity index (χ0v) is 12.3. The predicted molar refractivity (Wildman–Crippen MR) is 80.5 cm³/mol. The molecule has 0 spiro atoms. The number of nitrogen functional groups attached to an aromatic ring is 1. The molecule has 4 nitrogen and oxygen atoms in total. The number of carbonyl (C=O) groups excluding carboxylic acids is 1. The van der Waals surface area contributed by atoms with Gasteiger partial charge in [-0.3, -0.25) is 4.79 Å². The van der Waals surface area contributed by atoms with Crippen LogP contribution in [0.3, 0.4) is 0 Å². The van der Waals surface area contributed by atoms with Crippen LogP contribution < -0.4 is 15.8 Å². The Morgan fingerprint density at radius 3 is 2.65 bits per heavy atom. The largest absolute Gasteiger partial charge is 0.482 e. The topological polar surface area (TPSA) is 64.3 Å². The molecule has 1 aliphatic carbocycles. The van der Waals surface area contributed by atoms with Gasteiger partial charge in [-0.25, -0.2) is 0 Å². The lowest BCUT2D eigenvalue weighted by Crippen LogP contribution is -2.41. The highest BCUT2D eigenvalue weighted by Crippen LogP contribution is 2.34. The molecule has 4 heteroatoms. The van der Waals surface area contributed by atoms with Gasteiger partial charge in [-0.2, -0.15) is 0 Å². The summed E-state index contributed by atoms with van der Waals surface area (Å²) < 4.78 is 5.44. The molecule has 0 aromatic heterocycles. The van der Waals surface area contributed by atoms with Crippen molar-refractivity contribution in [3.8, 4) is 5.75 Å². The highest BCUT2D eigenvalue weighted by molar-refractivity contribution is 5.78. The van der Waals surface area contributed by atoms with Crippen LogP contribution in [0.1, 0.15) is 39.5 Å². The highest BCUT2D eigenvalue weighted by Gasteiger charge is 2.27. The number of amides is 1. The molecule has 0 aliphatic heterocycles. The fourth-order valence-electron chi connectivity index (χ4n) is 2.57. The van der Waals surface area contributed by atoms with E-state index in [0.717, 1.165) is 25.7 Å². The Kier molecular flexibility index (Phi) is 4.53. The van der Waals surface area contributed by atoms with Gasteiger partial charge in [0.25, 0.3) is 5.91 Å². The lowest BCUT2D eigenvalue weighted by atomic mass is 9.75. The van der Waals surface area contributed by atoms with Gasteiger partial charge in [0.15, 0.2) is 6.61 Å². The lowest BCUT2D eigenvalue weighted by molar-refractivity contribution is -0.124. The van der Waals surface area contributed by atoms with Crippen LogP contribution in [0, 0.1) is 5.41 Å². The van der Waals surface area contributed by atoms with Gasteiger partial charge in [0.2, 0.25) is 0 Å². The van der Waals surface area contributed by atoms with Crippen molar-refractivity contribution in [2.45, 2.75) is 45.6 Å². The Bertz CT molecular complexity index is 461. The third-order valence-corrected chi connectivity index (χ3v) is 3.98. The Balaban J connectivity index is 1.75. The Labute approximate surface area is 120 Å². The first kappa shape index (κ1) is 14.7. The van der Waals surface area contributed by atoms with Gasteiger partial charge in [-0.15, -0.1) is 0 Å². The molecule has 1 aromatic rings. The van der Waals surface area contributed by atoms with Gasteiger partial charge >= 0.3 is 0 Å². The number of nitrogens with one attached hydrogen (secondary N) is 1. The number of carbonyl (C=O) groups is 1. The fraction of sp³-hybridized carbons (Fsp3) is 0.562. The summed E-state index contributed by atoms with van der Waals surface area (Å²) in [5.41, 5.74) is 6.73. The first-order valence-electron chi connectivity index (χ1n) is 7.23. The SMILES string of the molecule is CC1(C)CCC(NC(=O)COc2ccccc2N)CC1. The van der Waals surface area contributed by atoms with Crippen molar-refractivity contribution in [2.24, 2.45) is 5.41 Å². The van der Waals surface area contributed by atoms with Crippen molar-refractivity contribution in [3.05, 3.63) is 24.3 Å². The second kappa shape index (κ2) is 6.16. The van der Waals surface area contributed by atoms with Crippen LogP contribution in [-0.4, -0.2) is 18.6 Å². The summed E-state index contributed by atoms with van der Waals surface area (Å²) in [7, 11) is 0. The van der Waals surface area contributed by atoms with Crippen molar-refractivity contribution >= 4 is 11.6 Å². The number of hydrogen-bond acceptors (Lipinski definition) is 3. The minimum absolute atomic E-state index is 0.0219. The molecular weight excluding hydrogens is 252 g/mol. The van der Waals surface area contributed by atoms with Crippen LogP contribution in [0.4, 0.5) is 5.69 Å². The number of rotatable bonds is 4. The standard InChI is InChI=1S/C16H24N2O2/c1-16(2)9-7-12(8-10-16)18-15(19)11-20-14-6-4-3-5-13(14)17/h3-6,12H,7-11,17H2,1-2H3,(H,18,19). The van der Waals surface area contributed by atoms with E-state index in [9.17, 15) is 4.79 Å². The number of ether oxygens (including phenoxy) is 1. The van der Waals surface area contributed by atoms with Gasteiger partial charge in [-0.1, -0.05) is 26.0 Å². The van der Waals surface area contributed by atoms with Gasteiger partial charge in [0, 0.05) is 6.04 Å². The van der Waals surface area contributed by atoms with E-state index in [1.165, 1.54) is 0 Å². The molecular formula is C16H24N2O2. The van der Waals surface area contributed by atoms with Gasteiger partial charge in [0.1, 0.15) is 5.75 Å². The number of para-hydroxylation sites is 2. The van der Waals surface area contributed by atoms with E-state index in [-0.39, 0.29) is 18.6 Å². The molecule has 0 radical (unpaired) electrons. The molecule has 1 aliphatic rings. The normalized spacial score (nSPS) is 18.5. The van der Waals surface area contributed by atoms with Crippen LogP contribution in [0.2, 0.25) is 0 Å². The molecule has 1 aromatic carbocycles. The molecule has 3 N–H and O–H groups in total. The van der Waals surface area contributed by atoms with Crippen molar-refractivity contribution in [2.75, 3.05) is 12.3 Å². The zero-order chi connectivity index (χ0) is 14.6. The summed E-state index contributed by atoms with van der Waals surface area (Å²) in [6.07, 6.45) is 4.41. The molecule has 0 saturated heterocycles. The maximum absolute atomic E-state index is 11.9. The molecule has 0 heterocycles. The predicted octanol–water partition coefficient (Wildman–Crippen LogP) is 2.73. The summed E-state index contributed by atoms with van der Waals surface area (Å²) in [6, 6.07) is 7.49. The Hall–Kier alpha value is -1.71. The highest BCUT2D eigenvalue weighted by atomic mass is 16.5. The van der Waals surface area contributed by atoms with E-state index in [0.29, 0.717) is 16.9 Å². The minimum Gasteiger partial charge on any atom is -0.482 e. The monoisotopic (exact) mass is 276 g/mol. The second-order valence-electron chi connectivity index (χ2n) is 6.33. The maximum atomic E-state index is 11.9. The third-order valence-electron chi connectivity index (χ3n) is 3.98. The summed E-state index contributed by atoms with van der Waals surface area (Å²) in [5.74, 6) is 0.491. The summed E-state index contributed by atoms with van der Waals surface area (Å²) in [5, 5.41) is 3.04. The van der Waals surface area contributed by atoms with Crippen molar-refractivity contribution in [1.29, 1.82) is 0 Å². The summed E-state index contributed by atoms with van der Waals surface area (Å²) >= 11 is 0. The smallest absolute Gasteiger partial charge is 0.258 e. The Morgan fingerprint density at radius 1 is 1.35 bits per heavy atom. The fourth-order valence-corrected chi connectivity index (χ4v) is 2.57. The van der Waals surface area contributed by atoms with E-state index in [2.05, 4.69) is 19.2 Å². The van der Waals surface area contributed by atoms with Crippen LogP contribution in [0.25, 0.3) is 0 Å². The first-order chi connectivity index (χ1) is 9.46. The van der Waals surface area contributed by atoms with Crippen molar-refractivity contribution in [1.82, 2.24) is 5.32 Å². The van der Waals surface area contributed by atoms with E-state index < -0.39 is 0 Å². The molecule has 0 atom stereocenters. The number of benzene rings is 1. The zero-order valence-electron chi connectivity index (χ0n) is 12.3. The van der Waals surface area contributed by atoms with Gasteiger partial charge < -0.3 is 15.8 Å². The average molecular weight is 276 g/mol. The van der Waals surface area contributed by atoms with Crippen molar-refractivity contribution < 1.29 is 9.53 Å². The van der Waals surface area contributed by atoms with E-state index >= 15 is 0 Å². The maximum Gasteiger partial charge on any atom is 0.258 e. The first-order valence-corrected chi connectivity index (χ1v) is 7.23. The van der Waals surface area contributed by atoms with Crippen LogP contribution in [0.5, 0.6) is 5.75 Å². The molecule has 110 valence electrons. The molecule has 1 saturated carbocycles. The van der Waals surface area contributed by atoms with Crippen LogP contribution in [-0.2, 0) is 4.79 Å². The van der Waals surface area contributed by atoms with Crippen molar-refractivity contribution in [3.63, 3.8) is 0 Å². The third kappa shape index (κ3) is 4.15. The molecule has 1 amide bonds. The minimum atomic E-state index is -0.0713. The van der Waals surface area contributed by atoms with Gasteiger partial charge in [0.05, 0.1) is 5.69 Å². The molecule has 20 heavy (non-hydrogen) atoms. The summed E-state index contributed by atoms with van der Waals surface area (Å²) in [4.78, 5) is 11.9. The van der Waals surface area contributed by atoms with E-state index in [1.807, 2.05) is 12.1 Å². The van der Waals surface area contributed by atoms with E-state index in [1.54, 1.807) is 12.1 Å². The second-order valence-corrected chi connectivity index (χ2v) is 6.33. The average Bonchev–Trinajstić information content (AvgIpc) is 2.40. The quantitative estimate of drug-likeness (QED) is 0.831. The van der Waals surface area contributed by atoms with Crippen LogP contribution >= 0.6 is 0 Å². The molecule has 0 bridgehead atoms. The number of nitrogens with two attached hydrogens (primary N) is 1. The summed E-state index contributed by atoms with van der Waals surface area (Å²) in [6.45, 7) is 4.59.